The molecule has 35 heavy (non-hydrogen) atoms. The lowest BCUT2D eigenvalue weighted by Gasteiger charge is -2.11. The van der Waals surface area contributed by atoms with Gasteiger partial charge in [-0.15, -0.1) is 11.3 Å². The number of carbonyl (C=O) groups excluding carboxylic acids is 2. The Morgan fingerprint density at radius 1 is 1.06 bits per heavy atom. The minimum absolute atomic E-state index is 0.414. The predicted molar refractivity (Wildman–Crippen MR) is 135 cm³/mol. The van der Waals surface area contributed by atoms with E-state index >= 15 is 0 Å². The lowest BCUT2D eigenvalue weighted by molar-refractivity contribution is -0.142. The molecule has 4 aromatic rings. The highest BCUT2D eigenvalue weighted by atomic mass is 32.1. The van der Waals surface area contributed by atoms with Crippen LogP contribution in [-0.4, -0.2) is 42.5 Å². The first-order chi connectivity index (χ1) is 17.1. The van der Waals surface area contributed by atoms with E-state index < -0.39 is 18.5 Å². The number of aromatic nitrogens is 2. The zero-order valence-electron chi connectivity index (χ0n) is 19.1. The Hall–Kier alpha value is -4.37. The third-order valence-electron chi connectivity index (χ3n) is 4.94. The van der Waals surface area contributed by atoms with E-state index in [2.05, 4.69) is 10.4 Å². The summed E-state index contributed by atoms with van der Waals surface area (Å²) in [7, 11) is 3.02. The fourth-order valence-electron chi connectivity index (χ4n) is 3.27. The summed E-state index contributed by atoms with van der Waals surface area (Å²) < 4.78 is 17.3. The second-order valence-electron chi connectivity index (χ2n) is 7.25. The molecule has 0 fully saturated rings. The highest BCUT2D eigenvalue weighted by molar-refractivity contribution is 7.13. The number of methoxy groups -OCH3 is 2. The van der Waals surface area contributed by atoms with Crippen LogP contribution in [0.3, 0.4) is 0 Å². The normalized spacial score (nSPS) is 10.8. The van der Waals surface area contributed by atoms with E-state index in [1.807, 2.05) is 54.0 Å². The zero-order chi connectivity index (χ0) is 24.6. The molecule has 0 aliphatic carbocycles. The van der Waals surface area contributed by atoms with Crippen molar-refractivity contribution < 1.29 is 23.8 Å². The zero-order valence-corrected chi connectivity index (χ0v) is 20.0. The molecule has 178 valence electrons. The molecular formula is C26H23N3O5S. The molecule has 2 heterocycles. The highest BCUT2D eigenvalue weighted by Gasteiger charge is 2.13. The van der Waals surface area contributed by atoms with Crippen molar-refractivity contribution in [1.82, 2.24) is 9.78 Å². The summed E-state index contributed by atoms with van der Waals surface area (Å²) in [4.78, 5) is 25.6. The van der Waals surface area contributed by atoms with Crippen LogP contribution < -0.4 is 14.8 Å². The van der Waals surface area contributed by atoms with Gasteiger partial charge in [0.15, 0.2) is 6.61 Å². The number of ether oxygens (including phenoxy) is 3. The number of carbonyl (C=O) groups is 2. The Balaban J connectivity index is 1.43. The molecule has 0 bridgehead atoms. The third kappa shape index (κ3) is 5.96. The quantitative estimate of drug-likeness (QED) is 0.268. The standard InChI is InChI=1S/C26H23N3O5S/c1-32-20-11-12-22(33-2)21(15-20)27-24(30)17-34-25(31)13-10-18-16-29(19-7-4-3-5-8-19)28-26(18)23-9-6-14-35-23/h3-16H,17H2,1-2H3,(H,27,30)/b13-10+. The Morgan fingerprint density at radius 3 is 2.60 bits per heavy atom. The molecule has 2 aromatic carbocycles. The van der Waals surface area contributed by atoms with Gasteiger partial charge in [0, 0.05) is 23.9 Å². The van der Waals surface area contributed by atoms with E-state index in [4.69, 9.17) is 14.2 Å². The molecule has 8 nitrogen and oxygen atoms in total. The Bertz CT molecular complexity index is 1330. The summed E-state index contributed by atoms with van der Waals surface area (Å²) in [6, 6.07) is 18.6. The molecule has 0 saturated carbocycles. The molecule has 0 unspecified atom stereocenters. The van der Waals surface area contributed by atoms with Crippen molar-refractivity contribution in [3.05, 3.63) is 83.9 Å². The predicted octanol–water partition coefficient (Wildman–Crippen LogP) is 4.81. The van der Waals surface area contributed by atoms with Gasteiger partial charge in [-0.05, 0) is 41.8 Å². The number of hydrogen-bond acceptors (Lipinski definition) is 7. The number of nitrogens with one attached hydrogen (secondary N) is 1. The Labute approximate surface area is 206 Å². The van der Waals surface area contributed by atoms with E-state index in [1.54, 1.807) is 40.3 Å². The van der Waals surface area contributed by atoms with Crippen LogP contribution in [0.25, 0.3) is 22.3 Å². The van der Waals surface area contributed by atoms with Crippen LogP contribution >= 0.6 is 11.3 Å². The number of benzene rings is 2. The lowest BCUT2D eigenvalue weighted by Crippen LogP contribution is -2.20. The van der Waals surface area contributed by atoms with Crippen molar-refractivity contribution >= 4 is 35.0 Å². The van der Waals surface area contributed by atoms with Crippen molar-refractivity contribution in [2.75, 3.05) is 26.1 Å². The summed E-state index contributed by atoms with van der Waals surface area (Å²) in [6.45, 7) is -0.454. The summed E-state index contributed by atoms with van der Waals surface area (Å²) >= 11 is 1.56. The first-order valence-electron chi connectivity index (χ1n) is 10.6. The van der Waals surface area contributed by atoms with Gasteiger partial charge in [-0.1, -0.05) is 24.3 Å². The number of thiophene rings is 1. The van der Waals surface area contributed by atoms with Gasteiger partial charge in [-0.2, -0.15) is 5.10 Å². The van der Waals surface area contributed by atoms with E-state index in [9.17, 15) is 9.59 Å². The Kier molecular flexibility index (Phi) is 7.59. The number of amides is 1. The second-order valence-corrected chi connectivity index (χ2v) is 8.19. The minimum atomic E-state index is -0.651. The molecule has 0 radical (unpaired) electrons. The molecule has 9 heteroatoms. The summed E-state index contributed by atoms with van der Waals surface area (Å²) in [6.07, 6.45) is 4.76. The molecule has 0 atom stereocenters. The fraction of sp³-hybridized carbons (Fsp3) is 0.115. The van der Waals surface area contributed by atoms with Crippen molar-refractivity contribution in [3.8, 4) is 27.8 Å². The van der Waals surface area contributed by atoms with Gasteiger partial charge in [0.2, 0.25) is 0 Å². The molecule has 0 spiro atoms. The first kappa shape index (κ1) is 23.8. The first-order valence-corrected chi connectivity index (χ1v) is 11.5. The van der Waals surface area contributed by atoms with Gasteiger partial charge in [0.25, 0.3) is 5.91 Å². The smallest absolute Gasteiger partial charge is 0.331 e. The molecule has 4 rings (SSSR count). The van der Waals surface area contributed by atoms with Gasteiger partial charge in [0.05, 0.1) is 30.5 Å². The van der Waals surface area contributed by atoms with Crippen LogP contribution in [0.15, 0.2) is 78.3 Å². The lowest BCUT2D eigenvalue weighted by atomic mass is 10.2. The number of anilines is 1. The molecule has 0 aliphatic heterocycles. The number of esters is 1. The monoisotopic (exact) mass is 489 g/mol. The average Bonchev–Trinajstić information content (AvgIpc) is 3.57. The van der Waals surface area contributed by atoms with Crippen LogP contribution in [0.1, 0.15) is 5.56 Å². The van der Waals surface area contributed by atoms with Crippen LogP contribution in [0.2, 0.25) is 0 Å². The molecule has 1 amide bonds. The number of hydrogen-bond donors (Lipinski definition) is 1. The van der Waals surface area contributed by atoms with Crippen molar-refractivity contribution in [2.24, 2.45) is 0 Å². The van der Waals surface area contributed by atoms with E-state index in [-0.39, 0.29) is 0 Å². The van der Waals surface area contributed by atoms with Crippen LogP contribution in [-0.2, 0) is 14.3 Å². The maximum atomic E-state index is 12.3. The summed E-state index contributed by atoms with van der Waals surface area (Å²) in [5, 5.41) is 9.31. The topological polar surface area (TPSA) is 91.7 Å². The van der Waals surface area contributed by atoms with Crippen LogP contribution in [0.5, 0.6) is 11.5 Å². The van der Waals surface area contributed by atoms with Crippen LogP contribution in [0, 0.1) is 0 Å². The van der Waals surface area contributed by atoms with Gasteiger partial charge in [0.1, 0.15) is 17.2 Å². The highest BCUT2D eigenvalue weighted by Crippen LogP contribution is 2.29. The van der Waals surface area contributed by atoms with Crippen molar-refractivity contribution in [3.63, 3.8) is 0 Å². The molecular weight excluding hydrogens is 466 g/mol. The minimum Gasteiger partial charge on any atom is -0.497 e. The maximum Gasteiger partial charge on any atom is 0.331 e. The van der Waals surface area contributed by atoms with Crippen molar-refractivity contribution in [2.45, 2.75) is 0 Å². The second kappa shape index (κ2) is 11.2. The molecule has 0 saturated heterocycles. The van der Waals surface area contributed by atoms with E-state index in [0.717, 1.165) is 21.8 Å². The number of nitrogens with zero attached hydrogens (tertiary/aromatic N) is 2. The molecule has 2 aromatic heterocycles. The largest absolute Gasteiger partial charge is 0.497 e. The number of para-hydroxylation sites is 1. The van der Waals surface area contributed by atoms with Crippen LogP contribution in [0.4, 0.5) is 5.69 Å². The van der Waals surface area contributed by atoms with E-state index in [1.165, 1.54) is 20.3 Å². The fourth-order valence-corrected chi connectivity index (χ4v) is 4.00. The van der Waals surface area contributed by atoms with Gasteiger partial charge in [-0.3, -0.25) is 4.79 Å². The van der Waals surface area contributed by atoms with E-state index in [0.29, 0.717) is 17.2 Å². The number of rotatable bonds is 9. The van der Waals surface area contributed by atoms with Gasteiger partial charge < -0.3 is 19.5 Å². The molecule has 0 aliphatic rings. The van der Waals surface area contributed by atoms with Gasteiger partial charge in [-0.25, -0.2) is 9.48 Å². The average molecular weight is 490 g/mol. The summed E-state index contributed by atoms with van der Waals surface area (Å²) in [5.41, 5.74) is 2.81. The molecule has 1 N–H and O–H groups in total. The van der Waals surface area contributed by atoms with Gasteiger partial charge >= 0.3 is 5.97 Å². The van der Waals surface area contributed by atoms with Crippen molar-refractivity contribution in [1.29, 1.82) is 0 Å². The maximum absolute atomic E-state index is 12.3. The summed E-state index contributed by atoms with van der Waals surface area (Å²) in [5.74, 6) is -0.141. The Morgan fingerprint density at radius 2 is 1.89 bits per heavy atom. The SMILES string of the molecule is COc1ccc(OC)c(NC(=O)COC(=O)/C=C/c2cn(-c3ccccc3)nc2-c2cccs2)c1. The third-order valence-corrected chi connectivity index (χ3v) is 5.82.